The molecule has 0 fully saturated rings. The van der Waals surface area contributed by atoms with Crippen LogP contribution in [0.15, 0.2) is 42.0 Å². The van der Waals surface area contributed by atoms with Gasteiger partial charge in [0.2, 0.25) is 0 Å². The maximum atomic E-state index is 12.8. The van der Waals surface area contributed by atoms with Crippen molar-refractivity contribution in [1.29, 1.82) is 0 Å². The molecular weight excluding hydrogens is 626 g/mol. The van der Waals surface area contributed by atoms with Crippen LogP contribution in [0, 0.1) is 12.3 Å². The second-order valence-corrected chi connectivity index (χ2v) is 13.1. The van der Waals surface area contributed by atoms with Crippen LogP contribution in [0.5, 0.6) is 0 Å². The Bertz CT molecular complexity index is 1420. The van der Waals surface area contributed by atoms with Gasteiger partial charge in [-0.2, -0.15) is 5.10 Å². The van der Waals surface area contributed by atoms with Crippen molar-refractivity contribution in [3.63, 3.8) is 0 Å². The van der Waals surface area contributed by atoms with E-state index in [4.69, 9.17) is 34.5 Å². The molecule has 4 rings (SSSR count). The summed E-state index contributed by atoms with van der Waals surface area (Å²) in [7, 11) is 0. The smallest absolute Gasteiger partial charge is 0.250 e. The number of anilines is 1. The molecule has 12 heteroatoms. The molecule has 0 aliphatic heterocycles. The first-order valence-electron chi connectivity index (χ1n) is 17.5. The Balaban J connectivity index is 0.995. The predicted octanol–water partition coefficient (Wildman–Crippen LogP) is 4.19. The summed E-state index contributed by atoms with van der Waals surface area (Å²) in [5.74, 6) is -0.389. The molecule has 49 heavy (non-hydrogen) atoms. The number of rotatable bonds is 25. The van der Waals surface area contributed by atoms with Crippen LogP contribution < -0.4 is 16.4 Å². The fourth-order valence-electron chi connectivity index (χ4n) is 5.93. The minimum atomic E-state index is -0.514. The number of nitrogens with one attached hydrogen (secondary N) is 2. The highest BCUT2D eigenvalue weighted by molar-refractivity contribution is 6.00. The van der Waals surface area contributed by atoms with Crippen molar-refractivity contribution in [3.8, 4) is 5.69 Å². The van der Waals surface area contributed by atoms with Gasteiger partial charge in [-0.1, -0.05) is 32.1 Å². The molecule has 12 nitrogen and oxygen atoms in total. The molecule has 1 heterocycles. The second-order valence-electron chi connectivity index (χ2n) is 13.1. The van der Waals surface area contributed by atoms with E-state index in [1.54, 1.807) is 6.07 Å². The van der Waals surface area contributed by atoms with Crippen molar-refractivity contribution in [1.82, 2.24) is 15.1 Å². The van der Waals surface area contributed by atoms with Crippen LogP contribution in [0.1, 0.15) is 71.6 Å². The lowest BCUT2D eigenvalue weighted by atomic mass is 9.75. The van der Waals surface area contributed by atoms with Gasteiger partial charge in [0.05, 0.1) is 81.1 Å². The Kier molecular flexibility index (Phi) is 15.9. The number of aromatic nitrogens is 2. The number of fused-ring (bicyclic) bond motifs is 1. The number of nitrogens with zero attached hydrogens (tertiary/aromatic N) is 2. The maximum Gasteiger partial charge on any atom is 0.250 e. The zero-order chi connectivity index (χ0) is 34.9. The number of ether oxygens (including phenoxy) is 5. The Morgan fingerprint density at radius 2 is 1.51 bits per heavy atom. The number of carbonyl (C=O) groups is 2. The zero-order valence-electron chi connectivity index (χ0n) is 29.5. The van der Waals surface area contributed by atoms with Crippen molar-refractivity contribution in [2.24, 2.45) is 11.1 Å². The summed E-state index contributed by atoms with van der Waals surface area (Å²) in [6.07, 6.45) is 10.6. The standard InChI is InChI=1S/C37H55N5O7/c1-28-35-33(25-37(2,3)26-34(35)43)42(41-28)30-10-11-31(36(38)44)32(24-30)40-13-7-15-46-17-19-48-21-23-49-22-20-47-18-16-45-14-6-12-39-27-29-8-4-5-9-29/h4,8-11,24,39-40H,5-7,12-23,25-27H2,1-3H3,(H2,38,44). The van der Waals surface area contributed by atoms with Gasteiger partial charge in [0.1, 0.15) is 0 Å². The summed E-state index contributed by atoms with van der Waals surface area (Å²) in [4.78, 5) is 25.0. The van der Waals surface area contributed by atoms with E-state index in [0.29, 0.717) is 89.2 Å². The Morgan fingerprint density at radius 1 is 0.898 bits per heavy atom. The first-order chi connectivity index (χ1) is 23.7. The quantitative estimate of drug-likeness (QED) is 0.130. The summed E-state index contributed by atoms with van der Waals surface area (Å²) >= 11 is 0. The van der Waals surface area contributed by atoms with Crippen molar-refractivity contribution in [2.45, 2.75) is 52.9 Å². The third-order valence-corrected chi connectivity index (χ3v) is 8.32. The summed E-state index contributed by atoms with van der Waals surface area (Å²) in [5, 5.41) is 11.4. The van der Waals surface area contributed by atoms with Crippen LogP contribution in [0.25, 0.3) is 5.69 Å². The van der Waals surface area contributed by atoms with E-state index < -0.39 is 5.91 Å². The third-order valence-electron chi connectivity index (χ3n) is 8.32. The third kappa shape index (κ3) is 12.8. The number of nitrogens with two attached hydrogens (primary N) is 1. The highest BCUT2D eigenvalue weighted by Crippen LogP contribution is 2.37. The van der Waals surface area contributed by atoms with Gasteiger partial charge in [0.15, 0.2) is 5.78 Å². The van der Waals surface area contributed by atoms with Gasteiger partial charge < -0.3 is 40.1 Å². The summed E-state index contributed by atoms with van der Waals surface area (Å²) in [6.45, 7) is 13.9. The molecular formula is C37H55N5O7. The van der Waals surface area contributed by atoms with Crippen molar-refractivity contribution < 1.29 is 33.3 Å². The van der Waals surface area contributed by atoms with Gasteiger partial charge in [-0.05, 0) is 68.3 Å². The average molecular weight is 682 g/mol. The highest BCUT2D eigenvalue weighted by Gasteiger charge is 2.35. The number of hydrogen-bond acceptors (Lipinski definition) is 10. The summed E-state index contributed by atoms with van der Waals surface area (Å²) in [6, 6.07) is 5.39. The SMILES string of the molecule is Cc1nn(-c2ccc(C(N)=O)c(NCCCOCCOCCOCCOCCOCCCNCC3=CCC=C3)c2)c2c1C(=O)CC(C)(C)C2. The number of aryl methyl sites for hydroxylation is 1. The van der Waals surface area contributed by atoms with Crippen LogP contribution in [-0.4, -0.2) is 107 Å². The van der Waals surface area contributed by atoms with E-state index in [1.165, 1.54) is 5.57 Å². The molecule has 0 saturated carbocycles. The van der Waals surface area contributed by atoms with E-state index in [9.17, 15) is 9.59 Å². The molecule has 0 radical (unpaired) electrons. The lowest BCUT2D eigenvalue weighted by molar-refractivity contribution is -0.0111. The van der Waals surface area contributed by atoms with Crippen LogP contribution in [-0.2, 0) is 30.1 Å². The molecule has 2 aliphatic carbocycles. The number of amides is 1. The van der Waals surface area contributed by atoms with Gasteiger partial charge in [-0.3, -0.25) is 9.59 Å². The Labute approximate surface area is 290 Å². The first kappa shape index (κ1) is 38.4. The average Bonchev–Trinajstić information content (AvgIpc) is 3.70. The van der Waals surface area contributed by atoms with Crippen LogP contribution >= 0.6 is 0 Å². The molecule has 1 aromatic heterocycles. The monoisotopic (exact) mass is 681 g/mol. The van der Waals surface area contributed by atoms with E-state index in [2.05, 4.69) is 42.7 Å². The second kappa shape index (κ2) is 20.3. The van der Waals surface area contributed by atoms with Crippen molar-refractivity contribution >= 4 is 17.4 Å². The van der Waals surface area contributed by atoms with Gasteiger partial charge in [0.25, 0.3) is 5.91 Å². The number of hydrogen-bond donors (Lipinski definition) is 3. The minimum Gasteiger partial charge on any atom is -0.384 e. The largest absolute Gasteiger partial charge is 0.384 e. The molecule has 0 atom stereocenters. The van der Waals surface area contributed by atoms with E-state index in [0.717, 1.165) is 62.5 Å². The fraction of sp³-hybridized carbons (Fsp3) is 0.595. The summed E-state index contributed by atoms with van der Waals surface area (Å²) < 4.78 is 29.8. The zero-order valence-corrected chi connectivity index (χ0v) is 29.5. The molecule has 4 N–H and O–H groups in total. The molecule has 1 amide bonds. The molecule has 0 unspecified atom stereocenters. The van der Waals surface area contributed by atoms with Gasteiger partial charge in [0, 0.05) is 38.4 Å². The topological polar surface area (TPSA) is 148 Å². The van der Waals surface area contributed by atoms with Crippen molar-refractivity contribution in [3.05, 3.63) is 64.5 Å². The van der Waals surface area contributed by atoms with Gasteiger partial charge in [-0.25, -0.2) is 4.68 Å². The van der Waals surface area contributed by atoms with E-state index >= 15 is 0 Å². The summed E-state index contributed by atoms with van der Waals surface area (Å²) in [5.41, 5.74) is 11.0. The fourth-order valence-corrected chi connectivity index (χ4v) is 5.93. The van der Waals surface area contributed by atoms with Crippen LogP contribution in [0.3, 0.4) is 0 Å². The maximum absolute atomic E-state index is 12.8. The van der Waals surface area contributed by atoms with E-state index in [-0.39, 0.29) is 11.2 Å². The molecule has 0 spiro atoms. The molecule has 2 aromatic rings. The molecule has 2 aliphatic rings. The Hall–Kier alpha value is -3.39. The Morgan fingerprint density at radius 3 is 2.10 bits per heavy atom. The highest BCUT2D eigenvalue weighted by atomic mass is 16.6. The number of carbonyl (C=O) groups excluding carboxylic acids is 2. The van der Waals surface area contributed by atoms with Crippen LogP contribution in [0.2, 0.25) is 0 Å². The normalized spacial score (nSPS) is 15.1. The minimum absolute atomic E-state index is 0.125. The number of Topliss-reactive ketones (excluding diaryl/α,β-unsaturated/α-hetero) is 1. The number of benzene rings is 1. The molecule has 0 bridgehead atoms. The van der Waals surface area contributed by atoms with Crippen LogP contribution in [0.4, 0.5) is 5.69 Å². The van der Waals surface area contributed by atoms with Crippen molar-refractivity contribution in [2.75, 3.05) is 91.0 Å². The molecule has 1 aromatic carbocycles. The van der Waals surface area contributed by atoms with Gasteiger partial charge in [-0.15, -0.1) is 0 Å². The number of allylic oxidation sites excluding steroid dienone is 2. The molecule has 270 valence electrons. The van der Waals surface area contributed by atoms with E-state index in [1.807, 2.05) is 23.7 Å². The predicted molar refractivity (Wildman–Crippen MR) is 190 cm³/mol. The number of primary amides is 1. The molecule has 0 saturated heterocycles. The lowest BCUT2D eigenvalue weighted by Crippen LogP contribution is -2.28. The first-order valence-corrected chi connectivity index (χ1v) is 17.5. The number of ketones is 1. The van der Waals surface area contributed by atoms with Gasteiger partial charge >= 0.3 is 0 Å². The lowest BCUT2D eigenvalue weighted by Gasteiger charge is -2.29.